The van der Waals surface area contributed by atoms with Crippen LogP contribution in [0.15, 0.2) is 36.4 Å². The highest BCUT2D eigenvalue weighted by atomic mass is 16.3. The fourth-order valence-electron chi connectivity index (χ4n) is 6.34. The maximum Gasteiger partial charge on any atom is 0.167 e. The molecular weight excluding hydrogens is 508 g/mol. The van der Waals surface area contributed by atoms with Crippen molar-refractivity contribution in [1.29, 1.82) is 0 Å². The van der Waals surface area contributed by atoms with Crippen molar-refractivity contribution in [3.8, 4) is 16.9 Å². The lowest BCUT2D eigenvalue weighted by molar-refractivity contribution is -0.131. The zero-order valence-corrected chi connectivity index (χ0v) is 23.6. The Morgan fingerprint density at radius 3 is 2.33 bits per heavy atom. The average molecular weight is 551 g/mol. The van der Waals surface area contributed by atoms with Crippen LogP contribution in [0.3, 0.4) is 0 Å². The summed E-state index contributed by atoms with van der Waals surface area (Å²) in [6.07, 6.45) is 1.26. The van der Waals surface area contributed by atoms with Gasteiger partial charge in [0.15, 0.2) is 5.78 Å². The maximum absolute atomic E-state index is 13.3. The molecule has 8 nitrogen and oxygen atoms in total. The molecule has 0 saturated carbocycles. The molecule has 0 aromatic heterocycles. The van der Waals surface area contributed by atoms with E-state index in [4.69, 9.17) is 0 Å². The fraction of sp³-hybridized carbons (Fsp3) is 0.531. The molecule has 1 saturated heterocycles. The summed E-state index contributed by atoms with van der Waals surface area (Å²) in [6.45, 7) is 5.90. The molecule has 0 spiro atoms. The van der Waals surface area contributed by atoms with E-state index in [9.17, 15) is 29.7 Å². The Bertz CT molecular complexity index is 1200. The van der Waals surface area contributed by atoms with Crippen LogP contribution in [0.25, 0.3) is 11.1 Å². The van der Waals surface area contributed by atoms with E-state index in [2.05, 4.69) is 41.1 Å². The van der Waals surface area contributed by atoms with E-state index in [-0.39, 0.29) is 54.4 Å². The molecular formula is C32H42N2O6. The molecule has 4 rings (SSSR count). The Hall–Kier alpha value is -2.91. The van der Waals surface area contributed by atoms with Crippen LogP contribution in [0.1, 0.15) is 54.1 Å². The van der Waals surface area contributed by atoms with Crippen molar-refractivity contribution in [1.82, 2.24) is 9.80 Å². The van der Waals surface area contributed by atoms with E-state index in [0.717, 1.165) is 49.4 Å². The van der Waals surface area contributed by atoms with Gasteiger partial charge in [0, 0.05) is 51.7 Å². The largest absolute Gasteiger partial charge is 0.507 e. The Kier molecular flexibility index (Phi) is 10.2. The summed E-state index contributed by atoms with van der Waals surface area (Å²) in [5.41, 5.74) is 4.27. The van der Waals surface area contributed by atoms with E-state index in [1.807, 2.05) is 6.07 Å². The van der Waals surface area contributed by atoms with Crippen LogP contribution in [0.4, 0.5) is 0 Å². The number of fused-ring (bicyclic) bond motifs is 1. The molecule has 2 aromatic rings. The zero-order chi connectivity index (χ0) is 28.8. The minimum absolute atomic E-state index is 0.0225. The van der Waals surface area contributed by atoms with Crippen LogP contribution in [0, 0.1) is 17.8 Å². The monoisotopic (exact) mass is 550 g/mol. The van der Waals surface area contributed by atoms with Crippen LogP contribution in [0.5, 0.6) is 5.75 Å². The number of carbonyl (C=O) groups is 3. The predicted molar refractivity (Wildman–Crippen MR) is 153 cm³/mol. The number of hydrogen-bond acceptors (Lipinski definition) is 8. The third kappa shape index (κ3) is 7.23. The first-order valence-electron chi connectivity index (χ1n) is 14.3. The normalized spacial score (nSPS) is 19.7. The number of nitrogens with zero attached hydrogens (tertiary/aromatic N) is 2. The number of phenols is 1. The van der Waals surface area contributed by atoms with E-state index in [0.29, 0.717) is 24.8 Å². The number of phenolic OH excluding ortho intramolecular Hbond substituents is 1. The molecule has 40 heavy (non-hydrogen) atoms. The zero-order valence-electron chi connectivity index (χ0n) is 23.6. The van der Waals surface area contributed by atoms with Gasteiger partial charge in [-0.15, -0.1) is 0 Å². The van der Waals surface area contributed by atoms with Crippen molar-refractivity contribution in [3.63, 3.8) is 0 Å². The second-order valence-electron chi connectivity index (χ2n) is 11.6. The lowest BCUT2D eigenvalue weighted by Crippen LogP contribution is -2.43. The molecule has 1 aliphatic carbocycles. The molecule has 0 bridgehead atoms. The molecule has 2 aliphatic rings. The number of Topliss-reactive ketones (excluding diaryl/α,β-unsaturated/α-hetero) is 3. The molecule has 3 atom stereocenters. The number of aliphatic hydroxyl groups is 2. The molecule has 3 unspecified atom stereocenters. The van der Waals surface area contributed by atoms with Crippen LogP contribution in [0.2, 0.25) is 0 Å². The quantitative estimate of drug-likeness (QED) is 0.345. The number of carbonyl (C=O) groups excluding carboxylic acids is 3. The minimum Gasteiger partial charge on any atom is -0.507 e. The van der Waals surface area contributed by atoms with Crippen LogP contribution >= 0.6 is 0 Å². The Morgan fingerprint density at radius 1 is 1.00 bits per heavy atom. The van der Waals surface area contributed by atoms with Crippen LogP contribution in [-0.4, -0.2) is 88.9 Å². The second kappa shape index (κ2) is 13.6. The lowest BCUT2D eigenvalue weighted by Gasteiger charge is -2.32. The molecule has 3 N–H and O–H groups in total. The van der Waals surface area contributed by atoms with Gasteiger partial charge < -0.3 is 20.2 Å². The number of likely N-dealkylation sites (N-methyl/N-ethyl adjacent to an activating group) is 1. The fourth-order valence-corrected chi connectivity index (χ4v) is 6.34. The average Bonchev–Trinajstić information content (AvgIpc) is 2.91. The van der Waals surface area contributed by atoms with Crippen molar-refractivity contribution >= 4 is 17.3 Å². The topological polar surface area (TPSA) is 118 Å². The van der Waals surface area contributed by atoms with Gasteiger partial charge in [-0.1, -0.05) is 30.3 Å². The number of rotatable bonds is 12. The summed E-state index contributed by atoms with van der Waals surface area (Å²) in [5, 5.41) is 30.3. The lowest BCUT2D eigenvalue weighted by atomic mass is 9.72. The Balaban J connectivity index is 1.55. The maximum atomic E-state index is 13.3. The summed E-state index contributed by atoms with van der Waals surface area (Å²) in [6, 6.07) is 11.8. The first-order valence-corrected chi connectivity index (χ1v) is 14.3. The van der Waals surface area contributed by atoms with Crippen molar-refractivity contribution in [2.45, 2.75) is 45.6 Å². The number of aliphatic hydroxyl groups excluding tert-OH is 2. The summed E-state index contributed by atoms with van der Waals surface area (Å²) >= 11 is 0. The standard InChI is InChI=1S/C32H42N2O6/c1-21(37)15-30(39)28(20-36)25(9-14-35)16-23-17-27-26(7-8-29(38)32(27)31(40)18-23)24-5-3-22(4-6-24)19-34-12-10-33(2)11-13-34/h3-8,23,25,28,35-36,38H,9-20H2,1-2H3. The molecule has 0 radical (unpaired) electrons. The second-order valence-corrected chi connectivity index (χ2v) is 11.6. The summed E-state index contributed by atoms with van der Waals surface area (Å²) < 4.78 is 0. The number of piperazine rings is 1. The number of benzene rings is 2. The van der Waals surface area contributed by atoms with Crippen molar-refractivity contribution in [2.24, 2.45) is 17.8 Å². The Labute approximate surface area is 236 Å². The van der Waals surface area contributed by atoms with Crippen LogP contribution < -0.4 is 0 Å². The van der Waals surface area contributed by atoms with Gasteiger partial charge in [0.2, 0.25) is 0 Å². The molecule has 2 aromatic carbocycles. The van der Waals surface area contributed by atoms with E-state index in [1.165, 1.54) is 12.5 Å². The third-order valence-corrected chi connectivity index (χ3v) is 8.54. The SMILES string of the molecule is CC(=O)CC(=O)C(CO)C(CCO)CC1CC(=O)c2c(O)ccc(-c3ccc(CN4CCN(C)CC4)cc3)c2C1. The van der Waals surface area contributed by atoms with Gasteiger partial charge >= 0.3 is 0 Å². The van der Waals surface area contributed by atoms with Gasteiger partial charge in [-0.05, 0) is 73.4 Å². The van der Waals surface area contributed by atoms with Gasteiger partial charge in [0.25, 0.3) is 0 Å². The highest BCUT2D eigenvalue weighted by molar-refractivity contribution is 6.03. The highest BCUT2D eigenvalue weighted by Gasteiger charge is 2.35. The molecule has 216 valence electrons. The Morgan fingerprint density at radius 2 is 1.70 bits per heavy atom. The molecule has 1 aliphatic heterocycles. The number of hydrogen-bond donors (Lipinski definition) is 3. The summed E-state index contributed by atoms with van der Waals surface area (Å²) in [4.78, 5) is 42.3. The third-order valence-electron chi connectivity index (χ3n) is 8.54. The minimum atomic E-state index is -0.760. The summed E-state index contributed by atoms with van der Waals surface area (Å²) in [7, 11) is 2.14. The number of aromatic hydroxyl groups is 1. The van der Waals surface area contributed by atoms with Gasteiger partial charge in [-0.3, -0.25) is 19.3 Å². The van der Waals surface area contributed by atoms with Crippen molar-refractivity contribution in [3.05, 3.63) is 53.1 Å². The van der Waals surface area contributed by atoms with Gasteiger partial charge in [-0.2, -0.15) is 0 Å². The van der Waals surface area contributed by atoms with Gasteiger partial charge in [-0.25, -0.2) is 0 Å². The van der Waals surface area contributed by atoms with E-state index < -0.39 is 12.5 Å². The smallest absolute Gasteiger partial charge is 0.167 e. The van der Waals surface area contributed by atoms with Gasteiger partial charge in [0.05, 0.1) is 18.6 Å². The van der Waals surface area contributed by atoms with Crippen molar-refractivity contribution in [2.75, 3.05) is 46.4 Å². The molecule has 1 heterocycles. The van der Waals surface area contributed by atoms with E-state index >= 15 is 0 Å². The van der Waals surface area contributed by atoms with Crippen molar-refractivity contribution < 1.29 is 29.7 Å². The molecule has 1 fully saturated rings. The van der Waals surface area contributed by atoms with Gasteiger partial charge in [0.1, 0.15) is 17.3 Å². The number of ketones is 3. The first-order chi connectivity index (χ1) is 19.2. The summed E-state index contributed by atoms with van der Waals surface area (Å²) in [5.74, 6) is -1.98. The van der Waals surface area contributed by atoms with Crippen LogP contribution in [-0.2, 0) is 22.6 Å². The predicted octanol–water partition coefficient (Wildman–Crippen LogP) is 3.10. The molecule has 0 amide bonds. The van der Waals surface area contributed by atoms with E-state index in [1.54, 1.807) is 6.07 Å². The highest BCUT2D eigenvalue weighted by Crippen LogP contribution is 2.41. The molecule has 8 heteroatoms. The first kappa shape index (κ1) is 30.1.